The summed E-state index contributed by atoms with van der Waals surface area (Å²) in [5.41, 5.74) is 28.8. The summed E-state index contributed by atoms with van der Waals surface area (Å²) in [7, 11) is 0. The molecule has 0 fully saturated rings. The van der Waals surface area contributed by atoms with Crippen LogP contribution in [-0.2, 0) is 21.7 Å². The molecule has 5 heteroatoms. The van der Waals surface area contributed by atoms with E-state index in [9.17, 15) is 0 Å². The van der Waals surface area contributed by atoms with Crippen LogP contribution in [0.15, 0.2) is 218 Å². The van der Waals surface area contributed by atoms with Gasteiger partial charge in [-0.3, -0.25) is 0 Å². The molecule has 0 unspecified atom stereocenters. The van der Waals surface area contributed by atoms with E-state index in [0.717, 1.165) is 17.1 Å². The van der Waals surface area contributed by atoms with Crippen LogP contribution in [0.5, 0.6) is 0 Å². The third kappa shape index (κ3) is 7.33. The maximum absolute atomic E-state index is 2.66. The molecule has 0 amide bonds. The third-order valence-electron chi connectivity index (χ3n) is 18.6. The average molecular weight is 1060 g/mol. The standard InChI is InChI=1S/C76H66BN3S/c1-73(2,3)48-34-38-50(39-35-48)78(63-30-19-16-24-53(63)47-22-12-11-13-23-47)52-42-43-62-67(44-52)80(64-31-20-29-60-69(64)55-26-15-18-28-59(55)75(60,7)8)66-33-21-32-65-70(66)77(62)72-71(79(65)51-40-36-49(37-41-51)74(4,5)6)57-45-56-54-25-14-17-27-58(54)76(9,10)61(56)46-68(57)81-72/h11-46H,1-10H3. The minimum Gasteiger partial charge on any atom is -0.311 e. The Hall–Kier alpha value is -8.38. The molecule has 4 aliphatic rings. The topological polar surface area (TPSA) is 9.72 Å². The quantitative estimate of drug-likeness (QED) is 0.154. The lowest BCUT2D eigenvalue weighted by atomic mass is 9.36. The molecular formula is C76H66BN3S. The SMILES string of the molecule is CC(C)(C)c1ccc(N(c2ccc3c(c2)N(c2cccc4c2-c2ccccc2C4(C)C)c2cccc4c2B3c2sc3cc5c(cc3c2N4c2ccc(C(C)(C)C)cc2)-c2ccccc2C5(C)C)c2ccccc2-c2ccccc2)cc1. The Morgan fingerprint density at radius 2 is 0.988 bits per heavy atom. The first kappa shape index (κ1) is 49.7. The van der Waals surface area contributed by atoms with Crippen LogP contribution in [0.2, 0.25) is 0 Å². The Labute approximate surface area is 482 Å². The van der Waals surface area contributed by atoms with E-state index >= 15 is 0 Å². The number of anilines is 9. The van der Waals surface area contributed by atoms with Gasteiger partial charge in [-0.05, 0) is 150 Å². The van der Waals surface area contributed by atoms with E-state index in [1.807, 2.05) is 11.3 Å². The zero-order chi connectivity index (χ0) is 55.5. The summed E-state index contributed by atoms with van der Waals surface area (Å²) < 4.78 is 2.70. The van der Waals surface area contributed by atoms with Gasteiger partial charge >= 0.3 is 0 Å². The Morgan fingerprint density at radius 3 is 1.69 bits per heavy atom. The summed E-state index contributed by atoms with van der Waals surface area (Å²) in [6, 6.07) is 83.5. The molecule has 15 rings (SSSR count). The summed E-state index contributed by atoms with van der Waals surface area (Å²) >= 11 is 2.00. The molecule has 1 aromatic heterocycles. The smallest absolute Gasteiger partial charge is 0.264 e. The van der Waals surface area contributed by atoms with Gasteiger partial charge in [0.25, 0.3) is 6.71 Å². The zero-order valence-corrected chi connectivity index (χ0v) is 48.9. The molecule has 3 nitrogen and oxygen atoms in total. The van der Waals surface area contributed by atoms with Gasteiger partial charge in [-0.15, -0.1) is 11.3 Å². The van der Waals surface area contributed by atoms with Crippen molar-refractivity contribution in [2.24, 2.45) is 0 Å². The number of para-hydroxylation sites is 1. The highest BCUT2D eigenvalue weighted by Crippen LogP contribution is 2.58. The van der Waals surface area contributed by atoms with Gasteiger partial charge in [-0.1, -0.05) is 215 Å². The first-order valence-corrected chi connectivity index (χ1v) is 29.8. The lowest BCUT2D eigenvalue weighted by Gasteiger charge is -2.44. The van der Waals surface area contributed by atoms with E-state index in [0.29, 0.717) is 0 Å². The van der Waals surface area contributed by atoms with Crippen LogP contribution in [-0.4, -0.2) is 6.71 Å². The van der Waals surface area contributed by atoms with E-state index in [1.54, 1.807) is 0 Å². The Bertz CT molecular complexity index is 4380. The molecule has 0 bridgehead atoms. The Morgan fingerprint density at radius 1 is 0.432 bits per heavy atom. The molecule has 0 radical (unpaired) electrons. The van der Waals surface area contributed by atoms with Gasteiger partial charge in [0.2, 0.25) is 0 Å². The van der Waals surface area contributed by atoms with Crippen LogP contribution in [0.25, 0.3) is 43.5 Å². The van der Waals surface area contributed by atoms with Gasteiger partial charge in [0.15, 0.2) is 0 Å². The molecule has 0 atom stereocenters. The maximum atomic E-state index is 2.66. The van der Waals surface area contributed by atoms with Crippen LogP contribution in [0, 0.1) is 0 Å². The number of nitrogens with zero attached hydrogens (tertiary/aromatic N) is 3. The van der Waals surface area contributed by atoms with Crippen LogP contribution >= 0.6 is 11.3 Å². The fraction of sp³-hybridized carbons (Fsp3) is 0.184. The minimum absolute atomic E-state index is 0.00466. The molecule has 0 spiro atoms. The van der Waals surface area contributed by atoms with Crippen molar-refractivity contribution in [1.82, 2.24) is 0 Å². The van der Waals surface area contributed by atoms with E-state index in [1.165, 1.54) is 127 Å². The second kappa shape index (κ2) is 17.6. The largest absolute Gasteiger partial charge is 0.311 e. The molecule has 0 saturated heterocycles. The fourth-order valence-corrected chi connectivity index (χ4v) is 15.7. The number of benzene rings is 10. The van der Waals surface area contributed by atoms with E-state index < -0.39 is 0 Å². The first-order chi connectivity index (χ1) is 39.0. The van der Waals surface area contributed by atoms with Crippen LogP contribution < -0.4 is 30.4 Å². The molecule has 2 aliphatic heterocycles. The van der Waals surface area contributed by atoms with Crippen molar-refractivity contribution in [2.45, 2.75) is 90.9 Å². The molecule has 11 aromatic rings. The third-order valence-corrected chi connectivity index (χ3v) is 19.8. The second-order valence-corrected chi connectivity index (χ2v) is 27.2. The van der Waals surface area contributed by atoms with Crippen molar-refractivity contribution in [3.8, 4) is 33.4 Å². The van der Waals surface area contributed by atoms with E-state index in [-0.39, 0.29) is 28.4 Å². The second-order valence-electron chi connectivity index (χ2n) is 26.1. The summed E-state index contributed by atoms with van der Waals surface area (Å²) in [5, 5.41) is 1.31. The van der Waals surface area contributed by atoms with E-state index in [2.05, 4.69) is 302 Å². The molecule has 0 N–H and O–H groups in total. The zero-order valence-electron chi connectivity index (χ0n) is 48.1. The minimum atomic E-state index is -0.185. The predicted octanol–water partition coefficient (Wildman–Crippen LogP) is 19.3. The van der Waals surface area contributed by atoms with Crippen molar-refractivity contribution >= 4 is 95.0 Å². The van der Waals surface area contributed by atoms with Crippen LogP contribution in [0.3, 0.4) is 0 Å². The molecular weight excluding hydrogens is 998 g/mol. The highest BCUT2D eigenvalue weighted by molar-refractivity contribution is 7.33. The van der Waals surface area contributed by atoms with Crippen LogP contribution in [0.1, 0.15) is 103 Å². The fourth-order valence-electron chi connectivity index (χ4n) is 14.4. The van der Waals surface area contributed by atoms with Gasteiger partial charge in [-0.25, -0.2) is 0 Å². The molecule has 394 valence electrons. The van der Waals surface area contributed by atoms with Gasteiger partial charge in [0, 0.05) is 70.9 Å². The van der Waals surface area contributed by atoms with Gasteiger partial charge in [-0.2, -0.15) is 0 Å². The van der Waals surface area contributed by atoms with Gasteiger partial charge < -0.3 is 14.7 Å². The summed E-state index contributed by atoms with van der Waals surface area (Å²) in [5.74, 6) is 0. The van der Waals surface area contributed by atoms with Crippen LogP contribution in [0.4, 0.5) is 51.2 Å². The predicted molar refractivity (Wildman–Crippen MR) is 348 cm³/mol. The van der Waals surface area contributed by atoms with Crippen molar-refractivity contribution < 1.29 is 0 Å². The molecule has 3 heterocycles. The van der Waals surface area contributed by atoms with Gasteiger partial charge in [0.1, 0.15) is 0 Å². The molecule has 2 aliphatic carbocycles. The monoisotopic (exact) mass is 1060 g/mol. The van der Waals surface area contributed by atoms with Gasteiger partial charge in [0.05, 0.1) is 17.1 Å². The number of rotatable bonds is 6. The maximum Gasteiger partial charge on any atom is 0.264 e. The molecule has 81 heavy (non-hydrogen) atoms. The van der Waals surface area contributed by atoms with Crippen molar-refractivity contribution in [2.75, 3.05) is 14.7 Å². The number of thiophene rings is 1. The molecule has 10 aromatic carbocycles. The number of hydrogen-bond donors (Lipinski definition) is 0. The molecule has 0 saturated carbocycles. The normalized spacial score (nSPS) is 14.9. The van der Waals surface area contributed by atoms with Crippen molar-refractivity contribution in [1.29, 1.82) is 0 Å². The Balaban J connectivity index is 1.03. The number of hydrogen-bond acceptors (Lipinski definition) is 4. The first-order valence-electron chi connectivity index (χ1n) is 29.0. The number of fused-ring (bicyclic) bond motifs is 12. The highest BCUT2D eigenvalue weighted by atomic mass is 32.1. The average Bonchev–Trinajstić information content (AvgIpc) is 2.50. The van der Waals surface area contributed by atoms with E-state index in [4.69, 9.17) is 0 Å². The van der Waals surface area contributed by atoms with Crippen molar-refractivity contribution in [3.05, 3.63) is 252 Å². The summed E-state index contributed by atoms with van der Waals surface area (Å²) in [4.78, 5) is 7.79. The Kier molecular flexibility index (Phi) is 10.8. The highest BCUT2D eigenvalue weighted by Gasteiger charge is 2.48. The summed E-state index contributed by atoms with van der Waals surface area (Å²) in [6.07, 6.45) is 0. The summed E-state index contributed by atoms with van der Waals surface area (Å²) in [6.45, 7) is 23.4. The lowest BCUT2D eigenvalue weighted by molar-refractivity contribution is 0.590. The lowest BCUT2D eigenvalue weighted by Crippen LogP contribution is -2.60. The van der Waals surface area contributed by atoms with Crippen molar-refractivity contribution in [3.63, 3.8) is 0 Å².